The Balaban J connectivity index is 2.52. The Kier molecular flexibility index (Phi) is 3.98. The number of hydrogen-bond donors (Lipinski definition) is 1. The number of carboxylic acids is 1. The Labute approximate surface area is 114 Å². The van der Waals surface area contributed by atoms with Gasteiger partial charge in [0, 0.05) is 18.5 Å². The molecule has 1 N–H and O–H groups in total. The summed E-state index contributed by atoms with van der Waals surface area (Å²) in [6.45, 7) is 0. The first-order valence-corrected chi connectivity index (χ1v) is 6.11. The summed E-state index contributed by atoms with van der Waals surface area (Å²) in [4.78, 5) is 14.1. The molecule has 0 radical (unpaired) electrons. The van der Waals surface area contributed by atoms with Gasteiger partial charge in [0.05, 0.1) is 5.75 Å². The van der Waals surface area contributed by atoms with Crippen molar-refractivity contribution in [3.63, 3.8) is 0 Å². The summed E-state index contributed by atoms with van der Waals surface area (Å²) >= 11 is 0.660. The smallest absolute Gasteiger partial charge is 0.313 e. The number of aromatic nitrogens is 2. The van der Waals surface area contributed by atoms with Crippen molar-refractivity contribution in [1.29, 1.82) is 0 Å². The molecule has 1 aromatic heterocycles. The zero-order valence-corrected chi connectivity index (χ0v) is 10.4. The summed E-state index contributed by atoms with van der Waals surface area (Å²) in [7, 11) is 0. The molecule has 0 aliphatic rings. The number of carboxylic acid groups (broad SMARTS) is 1. The normalized spacial score (nSPS) is 10.8. The predicted octanol–water partition coefficient (Wildman–Crippen LogP) is 2.61. The van der Waals surface area contributed by atoms with Crippen LogP contribution in [-0.2, 0) is 4.79 Å². The van der Waals surface area contributed by atoms with Crippen molar-refractivity contribution in [3.8, 4) is 5.69 Å². The summed E-state index contributed by atoms with van der Waals surface area (Å²) in [6, 6.07) is 0.0924. The van der Waals surface area contributed by atoms with E-state index < -0.39 is 40.7 Å². The first-order valence-electron chi connectivity index (χ1n) is 5.13. The van der Waals surface area contributed by atoms with E-state index in [-0.39, 0.29) is 11.2 Å². The van der Waals surface area contributed by atoms with Gasteiger partial charge in [-0.2, -0.15) is 0 Å². The summed E-state index contributed by atoms with van der Waals surface area (Å²) in [6.07, 6.45) is 2.20. The molecule has 0 saturated carbocycles. The van der Waals surface area contributed by atoms with Gasteiger partial charge in [-0.1, -0.05) is 11.8 Å². The van der Waals surface area contributed by atoms with Crippen LogP contribution >= 0.6 is 11.8 Å². The minimum absolute atomic E-state index is 0.0924. The van der Waals surface area contributed by atoms with Crippen LogP contribution in [0.2, 0.25) is 0 Å². The molecule has 106 valence electrons. The third kappa shape index (κ3) is 2.62. The molecule has 0 aliphatic heterocycles. The second kappa shape index (κ2) is 5.53. The molecule has 0 bridgehead atoms. The van der Waals surface area contributed by atoms with Gasteiger partial charge in [0.25, 0.3) is 0 Å². The third-order valence-electron chi connectivity index (χ3n) is 2.26. The Morgan fingerprint density at radius 1 is 1.25 bits per heavy atom. The number of aliphatic carboxylic acids is 1. The molecule has 0 amide bonds. The van der Waals surface area contributed by atoms with E-state index in [1.54, 1.807) is 0 Å². The van der Waals surface area contributed by atoms with Crippen molar-refractivity contribution in [2.24, 2.45) is 0 Å². The Morgan fingerprint density at radius 3 is 2.40 bits per heavy atom. The van der Waals surface area contributed by atoms with Gasteiger partial charge in [-0.05, 0) is 0 Å². The lowest BCUT2D eigenvalue weighted by molar-refractivity contribution is -0.133. The van der Waals surface area contributed by atoms with Crippen LogP contribution in [0.15, 0.2) is 23.6 Å². The number of thioether (sulfide) groups is 1. The lowest BCUT2D eigenvalue weighted by Crippen LogP contribution is -2.08. The maximum absolute atomic E-state index is 13.6. The highest BCUT2D eigenvalue weighted by Crippen LogP contribution is 2.27. The second-order valence-electron chi connectivity index (χ2n) is 3.58. The molecule has 0 spiro atoms. The molecule has 0 saturated heterocycles. The van der Waals surface area contributed by atoms with Crippen LogP contribution in [0.4, 0.5) is 17.6 Å². The molecule has 1 aromatic carbocycles. The highest BCUT2D eigenvalue weighted by Gasteiger charge is 2.22. The van der Waals surface area contributed by atoms with Gasteiger partial charge in [0.2, 0.25) is 0 Å². The molecular weight excluding hydrogens is 300 g/mol. The van der Waals surface area contributed by atoms with Gasteiger partial charge in [-0.3, -0.25) is 9.36 Å². The molecule has 0 aliphatic carbocycles. The molecule has 1 heterocycles. The number of carbonyl (C=O) groups is 1. The summed E-state index contributed by atoms with van der Waals surface area (Å²) in [5.74, 6) is -7.87. The largest absolute Gasteiger partial charge is 0.481 e. The topological polar surface area (TPSA) is 55.1 Å². The summed E-state index contributed by atoms with van der Waals surface area (Å²) < 4.78 is 54.3. The van der Waals surface area contributed by atoms with E-state index in [9.17, 15) is 22.4 Å². The average Bonchev–Trinajstić information content (AvgIpc) is 2.83. The van der Waals surface area contributed by atoms with Crippen LogP contribution in [0.5, 0.6) is 0 Å². The van der Waals surface area contributed by atoms with Crippen molar-refractivity contribution >= 4 is 17.7 Å². The molecule has 9 heteroatoms. The maximum Gasteiger partial charge on any atom is 0.313 e. The maximum atomic E-state index is 13.6. The van der Waals surface area contributed by atoms with E-state index in [4.69, 9.17) is 5.11 Å². The van der Waals surface area contributed by atoms with E-state index in [2.05, 4.69) is 4.98 Å². The summed E-state index contributed by atoms with van der Waals surface area (Å²) in [5.41, 5.74) is -0.979. The average molecular weight is 306 g/mol. The zero-order valence-electron chi connectivity index (χ0n) is 9.61. The highest BCUT2D eigenvalue weighted by atomic mass is 32.2. The fraction of sp³-hybridized carbons (Fsp3) is 0.0909. The molecule has 20 heavy (non-hydrogen) atoms. The lowest BCUT2D eigenvalue weighted by Gasteiger charge is -2.10. The van der Waals surface area contributed by atoms with Gasteiger partial charge in [0.1, 0.15) is 5.69 Å². The monoisotopic (exact) mass is 306 g/mol. The van der Waals surface area contributed by atoms with Gasteiger partial charge in [-0.15, -0.1) is 0 Å². The van der Waals surface area contributed by atoms with Crippen LogP contribution in [0.25, 0.3) is 5.69 Å². The minimum atomic E-state index is -1.58. The van der Waals surface area contributed by atoms with Gasteiger partial charge >= 0.3 is 5.97 Å². The SMILES string of the molecule is O=C(O)CSc1nccn1-c1c(F)c(F)cc(F)c1F. The molecule has 4 nitrogen and oxygen atoms in total. The fourth-order valence-corrected chi connectivity index (χ4v) is 2.14. The number of benzene rings is 1. The standard InChI is InChI=1S/C11H6F4N2O2S/c12-5-3-6(13)9(15)10(8(5)14)17-2-1-16-11(17)20-4-7(18)19/h1-3H,4H2,(H,18,19). The van der Waals surface area contributed by atoms with Crippen molar-refractivity contribution in [2.45, 2.75) is 5.16 Å². The minimum Gasteiger partial charge on any atom is -0.481 e. The molecule has 0 atom stereocenters. The van der Waals surface area contributed by atoms with Crippen molar-refractivity contribution in [2.75, 3.05) is 5.75 Å². The summed E-state index contributed by atoms with van der Waals surface area (Å²) in [5, 5.41) is 8.44. The van der Waals surface area contributed by atoms with Crippen molar-refractivity contribution < 1.29 is 27.5 Å². The van der Waals surface area contributed by atoms with Gasteiger partial charge in [-0.25, -0.2) is 22.5 Å². The third-order valence-corrected chi connectivity index (χ3v) is 3.21. The van der Waals surface area contributed by atoms with Crippen LogP contribution in [0, 0.1) is 23.3 Å². The fourth-order valence-electron chi connectivity index (χ4n) is 1.47. The molecule has 0 fully saturated rings. The Bertz CT molecular complexity index is 648. The Hall–Kier alpha value is -2.03. The van der Waals surface area contributed by atoms with E-state index in [0.717, 1.165) is 17.0 Å². The van der Waals surface area contributed by atoms with Gasteiger partial charge in [0.15, 0.2) is 28.4 Å². The van der Waals surface area contributed by atoms with Crippen molar-refractivity contribution in [3.05, 3.63) is 41.7 Å². The van der Waals surface area contributed by atoms with Crippen LogP contribution in [-0.4, -0.2) is 26.4 Å². The quantitative estimate of drug-likeness (QED) is 0.536. The van der Waals surface area contributed by atoms with E-state index in [0.29, 0.717) is 11.8 Å². The molecule has 0 unspecified atom stereocenters. The lowest BCUT2D eigenvalue weighted by atomic mass is 10.2. The molecule has 2 rings (SSSR count). The predicted molar refractivity (Wildman–Crippen MR) is 61.8 cm³/mol. The van der Waals surface area contributed by atoms with Crippen molar-refractivity contribution in [1.82, 2.24) is 9.55 Å². The number of nitrogens with zero attached hydrogens (tertiary/aromatic N) is 2. The van der Waals surface area contributed by atoms with Gasteiger partial charge < -0.3 is 5.11 Å². The van der Waals surface area contributed by atoms with Crippen LogP contribution in [0.1, 0.15) is 0 Å². The Morgan fingerprint density at radius 2 is 1.85 bits per heavy atom. The zero-order chi connectivity index (χ0) is 14.9. The first-order chi connectivity index (χ1) is 9.41. The number of hydrogen-bond acceptors (Lipinski definition) is 3. The number of imidazole rings is 1. The molecular formula is C11H6F4N2O2S. The number of halogens is 4. The van der Waals surface area contributed by atoms with Crippen LogP contribution < -0.4 is 0 Å². The highest BCUT2D eigenvalue weighted by molar-refractivity contribution is 7.99. The molecule has 2 aromatic rings. The van der Waals surface area contributed by atoms with E-state index in [1.807, 2.05) is 0 Å². The van der Waals surface area contributed by atoms with Crippen LogP contribution in [0.3, 0.4) is 0 Å². The number of rotatable bonds is 4. The second-order valence-corrected chi connectivity index (χ2v) is 4.52. The first kappa shape index (κ1) is 14.4. The van der Waals surface area contributed by atoms with E-state index >= 15 is 0 Å². The van der Waals surface area contributed by atoms with E-state index in [1.165, 1.54) is 0 Å².